The molecule has 1 fully saturated rings. The van der Waals surface area contributed by atoms with Crippen molar-refractivity contribution in [1.29, 1.82) is 0 Å². The zero-order valence-corrected chi connectivity index (χ0v) is 21.3. The monoisotopic (exact) mass is 484 g/mol. The molecule has 6 heteroatoms. The van der Waals surface area contributed by atoms with Crippen molar-refractivity contribution in [1.82, 2.24) is 9.38 Å². The number of hydrogen-bond acceptors (Lipinski definition) is 4. The fourth-order valence-electron chi connectivity index (χ4n) is 5.11. The number of ketones is 1. The van der Waals surface area contributed by atoms with Crippen LogP contribution in [-0.4, -0.2) is 41.3 Å². The van der Waals surface area contributed by atoms with Crippen LogP contribution >= 0.6 is 0 Å². The zero-order chi connectivity index (χ0) is 25.2. The van der Waals surface area contributed by atoms with Crippen LogP contribution in [0.3, 0.4) is 0 Å². The molecule has 5 rings (SSSR count). The van der Waals surface area contributed by atoms with Crippen molar-refractivity contribution in [2.45, 2.75) is 40.0 Å². The topological polar surface area (TPSA) is 40.8 Å². The Morgan fingerprint density at radius 3 is 2.42 bits per heavy atom. The number of fused-ring (bicyclic) bond motifs is 1. The van der Waals surface area contributed by atoms with Crippen LogP contribution in [0, 0.1) is 26.6 Å². The van der Waals surface area contributed by atoms with Crippen molar-refractivity contribution >= 4 is 22.8 Å². The number of hydrogen-bond donors (Lipinski definition) is 0. The summed E-state index contributed by atoms with van der Waals surface area (Å²) in [5.74, 6) is -0.192. The number of halogens is 1. The maximum absolute atomic E-state index is 15.2. The molecule has 0 bridgehead atoms. The second-order valence-corrected chi connectivity index (χ2v) is 9.85. The third kappa shape index (κ3) is 4.99. The summed E-state index contributed by atoms with van der Waals surface area (Å²) in [6, 6.07) is 18.0. The molecule has 36 heavy (non-hydrogen) atoms. The molecule has 5 nitrogen and oxygen atoms in total. The summed E-state index contributed by atoms with van der Waals surface area (Å²) in [7, 11) is 0. The molecule has 2 aromatic carbocycles. The minimum atomic E-state index is -0.217. The van der Waals surface area contributed by atoms with Crippen molar-refractivity contribution in [2.24, 2.45) is 0 Å². The summed E-state index contributed by atoms with van der Waals surface area (Å²) in [5, 5.41) is 0. The summed E-state index contributed by atoms with van der Waals surface area (Å²) in [6.45, 7) is 9.39. The number of aryl methyl sites for hydroxylation is 4. The standard InChI is InChI=1S/C30H33FN4O/c1-21-5-9-25(10-6-21)33-14-4-15-34(18-17-33)27-11-7-24(20-26(27)31)8-12-28(36)30-23(3)32-29-19-22(2)13-16-35(29)30/h5-7,9-11,13,16,19-20H,4,8,12,14-15,17-18H2,1-3H3. The molecule has 0 amide bonds. The van der Waals surface area contributed by atoms with Crippen LogP contribution in [0.4, 0.5) is 15.8 Å². The lowest BCUT2D eigenvalue weighted by molar-refractivity contribution is 0.0976. The van der Waals surface area contributed by atoms with E-state index in [1.807, 2.05) is 48.7 Å². The summed E-state index contributed by atoms with van der Waals surface area (Å²) in [6.07, 6.45) is 3.68. The molecule has 0 spiro atoms. The Morgan fingerprint density at radius 1 is 0.889 bits per heavy atom. The van der Waals surface area contributed by atoms with Gasteiger partial charge in [0.05, 0.1) is 11.4 Å². The van der Waals surface area contributed by atoms with E-state index in [-0.39, 0.29) is 11.6 Å². The lowest BCUT2D eigenvalue weighted by Gasteiger charge is -2.25. The number of anilines is 2. The average Bonchev–Trinajstić information content (AvgIpc) is 3.01. The van der Waals surface area contributed by atoms with E-state index in [2.05, 4.69) is 46.0 Å². The first-order valence-electron chi connectivity index (χ1n) is 12.7. The molecule has 1 aliphatic rings. The number of imidazole rings is 1. The number of carbonyl (C=O) groups is 1. The van der Waals surface area contributed by atoms with Gasteiger partial charge < -0.3 is 9.80 Å². The van der Waals surface area contributed by atoms with Crippen molar-refractivity contribution < 1.29 is 9.18 Å². The summed E-state index contributed by atoms with van der Waals surface area (Å²) in [5.41, 5.74) is 7.19. The fraction of sp³-hybridized carbons (Fsp3) is 0.333. The Morgan fingerprint density at radius 2 is 1.64 bits per heavy atom. The quantitative estimate of drug-likeness (QED) is 0.318. The smallest absolute Gasteiger partial charge is 0.181 e. The Bertz CT molecular complexity index is 1390. The normalized spacial score (nSPS) is 14.3. The van der Waals surface area contributed by atoms with E-state index in [4.69, 9.17) is 0 Å². The van der Waals surface area contributed by atoms with Crippen molar-refractivity contribution in [3.8, 4) is 0 Å². The molecule has 0 N–H and O–H groups in total. The van der Waals surface area contributed by atoms with Gasteiger partial charge in [-0.25, -0.2) is 9.37 Å². The molecule has 0 aliphatic carbocycles. The molecule has 2 aromatic heterocycles. The zero-order valence-electron chi connectivity index (χ0n) is 21.3. The summed E-state index contributed by atoms with van der Waals surface area (Å²) >= 11 is 0. The highest BCUT2D eigenvalue weighted by atomic mass is 19.1. The Kier molecular flexibility index (Phi) is 6.77. The minimum Gasteiger partial charge on any atom is -0.370 e. The number of Topliss-reactive ketones (excluding diaryl/α,β-unsaturated/α-hetero) is 1. The molecular formula is C30H33FN4O. The highest BCUT2D eigenvalue weighted by Gasteiger charge is 2.20. The van der Waals surface area contributed by atoms with E-state index in [1.165, 1.54) is 11.3 Å². The molecule has 0 saturated carbocycles. The van der Waals surface area contributed by atoms with Gasteiger partial charge in [0.25, 0.3) is 0 Å². The molecule has 186 valence electrons. The fourth-order valence-corrected chi connectivity index (χ4v) is 5.11. The Hall–Kier alpha value is -3.67. The van der Waals surface area contributed by atoms with Gasteiger partial charge in [-0.1, -0.05) is 23.8 Å². The van der Waals surface area contributed by atoms with Crippen molar-refractivity contribution in [3.63, 3.8) is 0 Å². The lowest BCUT2D eigenvalue weighted by Crippen LogP contribution is -2.31. The van der Waals surface area contributed by atoms with Gasteiger partial charge in [-0.05, 0) is 81.1 Å². The number of rotatable bonds is 6. The largest absolute Gasteiger partial charge is 0.370 e. The predicted molar refractivity (Wildman–Crippen MR) is 144 cm³/mol. The van der Waals surface area contributed by atoms with Crippen LogP contribution in [0.5, 0.6) is 0 Å². The Labute approximate surface area is 212 Å². The summed E-state index contributed by atoms with van der Waals surface area (Å²) < 4.78 is 17.0. The van der Waals surface area contributed by atoms with E-state index < -0.39 is 0 Å². The number of carbonyl (C=O) groups excluding carboxylic acids is 1. The second kappa shape index (κ2) is 10.1. The van der Waals surface area contributed by atoms with Gasteiger partial charge >= 0.3 is 0 Å². The van der Waals surface area contributed by atoms with Gasteiger partial charge in [-0.3, -0.25) is 9.20 Å². The molecule has 0 unspecified atom stereocenters. The number of pyridine rings is 1. The predicted octanol–water partition coefficient (Wildman–Crippen LogP) is 5.93. The highest BCUT2D eigenvalue weighted by Crippen LogP contribution is 2.25. The van der Waals surface area contributed by atoms with Crippen LogP contribution < -0.4 is 9.80 Å². The molecule has 0 atom stereocenters. The third-order valence-corrected chi connectivity index (χ3v) is 7.11. The third-order valence-electron chi connectivity index (χ3n) is 7.11. The van der Waals surface area contributed by atoms with Crippen LogP contribution in [0.25, 0.3) is 5.65 Å². The SMILES string of the molecule is Cc1ccc(N2CCCN(c3ccc(CCC(=O)c4c(C)nc5cc(C)ccn45)cc3F)CC2)cc1. The first kappa shape index (κ1) is 24.0. The molecule has 1 aliphatic heterocycles. The van der Waals surface area contributed by atoms with Gasteiger partial charge in [0, 0.05) is 44.5 Å². The van der Waals surface area contributed by atoms with Gasteiger partial charge in [-0.15, -0.1) is 0 Å². The average molecular weight is 485 g/mol. The van der Waals surface area contributed by atoms with Crippen LogP contribution in [0.15, 0.2) is 60.8 Å². The molecular weight excluding hydrogens is 451 g/mol. The van der Waals surface area contributed by atoms with Crippen molar-refractivity contribution in [3.05, 3.63) is 94.7 Å². The van der Waals surface area contributed by atoms with E-state index in [0.717, 1.165) is 55.1 Å². The maximum Gasteiger partial charge on any atom is 0.181 e. The van der Waals surface area contributed by atoms with Crippen molar-refractivity contribution in [2.75, 3.05) is 36.0 Å². The molecule has 3 heterocycles. The van der Waals surface area contributed by atoms with Crippen LogP contribution in [-0.2, 0) is 6.42 Å². The van der Waals surface area contributed by atoms with Gasteiger partial charge in [-0.2, -0.15) is 0 Å². The van der Waals surface area contributed by atoms with E-state index in [1.54, 1.807) is 6.07 Å². The summed E-state index contributed by atoms with van der Waals surface area (Å²) in [4.78, 5) is 22.1. The lowest BCUT2D eigenvalue weighted by atomic mass is 10.0. The molecule has 4 aromatic rings. The highest BCUT2D eigenvalue weighted by molar-refractivity contribution is 5.96. The van der Waals surface area contributed by atoms with E-state index in [9.17, 15) is 4.79 Å². The van der Waals surface area contributed by atoms with Gasteiger partial charge in [0.2, 0.25) is 0 Å². The maximum atomic E-state index is 15.2. The first-order valence-corrected chi connectivity index (χ1v) is 12.7. The first-order chi connectivity index (χ1) is 17.4. The van der Waals surface area contributed by atoms with E-state index >= 15 is 4.39 Å². The molecule has 0 radical (unpaired) electrons. The van der Waals surface area contributed by atoms with Crippen LogP contribution in [0.2, 0.25) is 0 Å². The second-order valence-electron chi connectivity index (χ2n) is 9.85. The Balaban J connectivity index is 1.24. The molecule has 1 saturated heterocycles. The van der Waals surface area contributed by atoms with Crippen LogP contribution in [0.1, 0.15) is 45.7 Å². The minimum absolute atomic E-state index is 0.0250. The number of benzene rings is 2. The number of aromatic nitrogens is 2. The van der Waals surface area contributed by atoms with E-state index in [0.29, 0.717) is 24.2 Å². The van der Waals surface area contributed by atoms with Gasteiger partial charge in [0.1, 0.15) is 17.2 Å². The number of nitrogens with zero attached hydrogens (tertiary/aromatic N) is 4. The van der Waals surface area contributed by atoms with Gasteiger partial charge in [0.15, 0.2) is 5.78 Å².